The van der Waals surface area contributed by atoms with Crippen LogP contribution in [0.2, 0.25) is 0 Å². The predicted molar refractivity (Wildman–Crippen MR) is 194 cm³/mol. The average molecular weight is 909 g/mol. The number of aliphatic hydroxyl groups is 11. The molecular weight excluding hydrogens is 848 g/mol. The summed E-state index contributed by atoms with van der Waals surface area (Å²) >= 11 is 0. The third kappa shape index (κ3) is 11.9. The minimum absolute atomic E-state index is 0.00333. The van der Waals surface area contributed by atoms with Crippen molar-refractivity contribution in [3.8, 4) is 0 Å². The molecule has 4 aliphatic rings. The van der Waals surface area contributed by atoms with Crippen molar-refractivity contribution in [2.75, 3.05) is 26.4 Å². The molecule has 4 fully saturated rings. The van der Waals surface area contributed by atoms with Gasteiger partial charge in [0, 0.05) is 26.4 Å². The monoisotopic (exact) mass is 908 g/mol. The Balaban J connectivity index is 1.63. The van der Waals surface area contributed by atoms with E-state index >= 15 is 0 Å². The zero-order valence-electron chi connectivity index (χ0n) is 34.2. The SMILES string of the molecule is CCCC(=O)N[C@H]1[C@H](OCC)O[C@H](CO)[C@@H](OO[C@@H]2O[C@H](CO)[C@H](O)[C@H](OO[C@]3(C(=O)O)C[C@H](O)[C@@H](NC(C)=O)[C@H]([C@@H](O)[C@H](O)CO)O3)[C@H]2O)[C@@H]1O[C@@H]1O[C@@H](C)[C@@H](O)[C@@H](O)[C@@H]1O. The van der Waals surface area contributed by atoms with Crippen LogP contribution in [-0.2, 0) is 62.4 Å². The van der Waals surface area contributed by atoms with Gasteiger partial charge in [-0.3, -0.25) is 9.59 Å². The number of amides is 2. The number of aliphatic carboxylic acids is 1. The van der Waals surface area contributed by atoms with E-state index in [1.54, 1.807) is 13.8 Å². The molecule has 2 amide bonds. The van der Waals surface area contributed by atoms with E-state index in [4.69, 9.17) is 48.0 Å². The van der Waals surface area contributed by atoms with Gasteiger partial charge in [0.05, 0.1) is 38.1 Å². The molecule has 0 spiro atoms. The van der Waals surface area contributed by atoms with Gasteiger partial charge in [-0.1, -0.05) is 6.92 Å². The summed E-state index contributed by atoms with van der Waals surface area (Å²) in [6.07, 6.45) is -33.2. The topological polar surface area (TPSA) is 410 Å². The Labute approximate surface area is 353 Å². The molecule has 0 radical (unpaired) electrons. The molecule has 360 valence electrons. The molecule has 21 atom stereocenters. The van der Waals surface area contributed by atoms with E-state index in [0.717, 1.165) is 6.92 Å². The number of hydrogen-bond donors (Lipinski definition) is 14. The van der Waals surface area contributed by atoms with Crippen molar-refractivity contribution in [3.05, 3.63) is 0 Å². The first-order chi connectivity index (χ1) is 29.3. The number of ether oxygens (including phenoxy) is 6. The maximum atomic E-state index is 13.0. The molecule has 27 heteroatoms. The van der Waals surface area contributed by atoms with Gasteiger partial charge in [-0.15, -0.1) is 0 Å². The van der Waals surface area contributed by atoms with Crippen molar-refractivity contribution in [2.45, 2.75) is 175 Å². The smallest absolute Gasteiger partial charge is 0.367 e. The molecule has 0 aromatic rings. The summed E-state index contributed by atoms with van der Waals surface area (Å²) < 4.78 is 34.3. The van der Waals surface area contributed by atoms with Crippen molar-refractivity contribution in [2.24, 2.45) is 0 Å². The quantitative estimate of drug-likeness (QED) is 0.0398. The van der Waals surface area contributed by atoms with Gasteiger partial charge >= 0.3 is 11.8 Å². The van der Waals surface area contributed by atoms with E-state index in [1.807, 2.05) is 0 Å². The summed E-state index contributed by atoms with van der Waals surface area (Å²) in [6.45, 7) is 2.79. The number of carbonyl (C=O) groups excluding carboxylic acids is 2. The predicted octanol–water partition coefficient (Wildman–Crippen LogP) is -7.54. The van der Waals surface area contributed by atoms with Gasteiger partial charge < -0.3 is 100 Å². The maximum absolute atomic E-state index is 13.0. The van der Waals surface area contributed by atoms with Crippen LogP contribution >= 0.6 is 0 Å². The third-order valence-corrected chi connectivity index (χ3v) is 10.6. The number of carboxylic acids is 1. The molecule has 14 N–H and O–H groups in total. The molecule has 4 heterocycles. The molecule has 0 saturated carbocycles. The van der Waals surface area contributed by atoms with E-state index in [-0.39, 0.29) is 13.0 Å². The highest BCUT2D eigenvalue weighted by Crippen LogP contribution is 2.37. The molecule has 62 heavy (non-hydrogen) atoms. The first kappa shape index (κ1) is 52.2. The van der Waals surface area contributed by atoms with Crippen LogP contribution in [0.15, 0.2) is 0 Å². The minimum atomic E-state index is -3.12. The fraction of sp³-hybridized carbons (Fsp3) is 0.914. The summed E-state index contributed by atoms with van der Waals surface area (Å²) in [6, 6.07) is -2.93. The number of hydrogen-bond acceptors (Lipinski definition) is 24. The van der Waals surface area contributed by atoms with Crippen LogP contribution in [0.5, 0.6) is 0 Å². The Kier molecular flexibility index (Phi) is 19.5. The zero-order valence-corrected chi connectivity index (χ0v) is 34.2. The summed E-state index contributed by atoms with van der Waals surface area (Å²) in [4.78, 5) is 59.0. The van der Waals surface area contributed by atoms with Crippen LogP contribution in [0, 0.1) is 0 Å². The number of carbonyl (C=O) groups is 3. The van der Waals surface area contributed by atoms with Gasteiger partial charge in [0.15, 0.2) is 18.7 Å². The van der Waals surface area contributed by atoms with Crippen LogP contribution in [0.4, 0.5) is 0 Å². The first-order valence-corrected chi connectivity index (χ1v) is 19.9. The maximum Gasteiger partial charge on any atom is 0.367 e. The molecule has 27 nitrogen and oxygen atoms in total. The van der Waals surface area contributed by atoms with Crippen LogP contribution in [0.25, 0.3) is 0 Å². The molecular formula is C35H60N2O25. The van der Waals surface area contributed by atoms with E-state index in [0.29, 0.717) is 6.42 Å². The number of nitrogens with one attached hydrogen (secondary N) is 2. The highest BCUT2D eigenvalue weighted by atomic mass is 17.2. The van der Waals surface area contributed by atoms with Gasteiger partial charge in [0.2, 0.25) is 18.1 Å². The fourth-order valence-corrected chi connectivity index (χ4v) is 7.26. The summed E-state index contributed by atoms with van der Waals surface area (Å²) in [7, 11) is 0. The van der Waals surface area contributed by atoms with Crippen molar-refractivity contribution < 1.29 is 124 Å². The number of rotatable bonds is 20. The standard InChI is InChI=1S/C35H60N2O25/c1-5-7-18(44)37-20-29(57-32-25(49)24(48)21(45)12(3)54-32)27(17(11-40)56-31(20)53-6-2)59-61-33-26(50)30(23(47)16(10-39)55-33)60-62-35(34(51)52)8-14(42)19(36-13(4)41)28(58-35)22(46)15(43)9-38/h12,14-17,19-33,38-40,42-43,45-50H,5-11H2,1-4H3,(H,36,41)(H,37,44)(H,51,52)/t12-,14-,15+,16+,17+,19+,20+,21+,22-,23-,24+,25-,26+,27+,28+,29+,30-,31+,32-,33-,35-/m0/s1. The van der Waals surface area contributed by atoms with Crippen LogP contribution in [0.3, 0.4) is 0 Å². The Morgan fingerprint density at radius 3 is 2.00 bits per heavy atom. The van der Waals surface area contributed by atoms with Crippen molar-refractivity contribution in [1.29, 1.82) is 0 Å². The molecule has 4 rings (SSSR count). The highest BCUT2D eigenvalue weighted by molar-refractivity contribution is 5.77. The van der Waals surface area contributed by atoms with Crippen LogP contribution in [-0.4, -0.2) is 234 Å². The lowest BCUT2D eigenvalue weighted by Gasteiger charge is -2.48. The van der Waals surface area contributed by atoms with E-state index in [9.17, 15) is 75.7 Å². The van der Waals surface area contributed by atoms with Gasteiger partial charge in [0.25, 0.3) is 0 Å². The van der Waals surface area contributed by atoms with Gasteiger partial charge in [-0.05, 0) is 20.3 Å². The van der Waals surface area contributed by atoms with Crippen molar-refractivity contribution >= 4 is 17.8 Å². The minimum Gasteiger partial charge on any atom is -0.477 e. The summed E-state index contributed by atoms with van der Waals surface area (Å²) in [5.74, 6) is -6.45. The van der Waals surface area contributed by atoms with E-state index in [1.165, 1.54) is 6.92 Å². The Morgan fingerprint density at radius 1 is 0.758 bits per heavy atom. The lowest BCUT2D eigenvalue weighted by Crippen LogP contribution is -2.69. The second-order valence-electron chi connectivity index (χ2n) is 15.2. The highest BCUT2D eigenvalue weighted by Gasteiger charge is 2.59. The molecule has 0 aliphatic carbocycles. The third-order valence-electron chi connectivity index (χ3n) is 10.6. The Morgan fingerprint density at radius 2 is 1.42 bits per heavy atom. The van der Waals surface area contributed by atoms with Gasteiger partial charge in [0.1, 0.15) is 79.3 Å². The summed E-state index contributed by atoms with van der Waals surface area (Å²) in [5, 5.41) is 131. The van der Waals surface area contributed by atoms with Crippen LogP contribution < -0.4 is 10.6 Å². The molecule has 0 aromatic carbocycles. The second-order valence-corrected chi connectivity index (χ2v) is 15.2. The molecule has 0 aromatic heterocycles. The van der Waals surface area contributed by atoms with Gasteiger partial charge in [-0.25, -0.2) is 19.5 Å². The second kappa shape index (κ2) is 23.2. The first-order valence-electron chi connectivity index (χ1n) is 19.9. The Hall–Kier alpha value is -2.43. The van der Waals surface area contributed by atoms with E-state index in [2.05, 4.69) is 10.6 Å². The van der Waals surface area contributed by atoms with Crippen LogP contribution in [0.1, 0.15) is 47.0 Å². The van der Waals surface area contributed by atoms with E-state index < -0.39 is 172 Å². The molecule has 0 unspecified atom stereocenters. The molecule has 4 saturated heterocycles. The lowest BCUT2D eigenvalue weighted by molar-refractivity contribution is -0.501. The largest absolute Gasteiger partial charge is 0.477 e. The lowest BCUT2D eigenvalue weighted by atomic mass is 9.88. The fourth-order valence-electron chi connectivity index (χ4n) is 7.26. The summed E-state index contributed by atoms with van der Waals surface area (Å²) in [5.41, 5.74) is 0. The number of carboxylic acid groups (broad SMARTS) is 1. The zero-order chi connectivity index (χ0) is 46.2. The normalized spacial score (nSPS) is 42.4. The van der Waals surface area contributed by atoms with Gasteiger partial charge in [-0.2, -0.15) is 4.89 Å². The number of aliphatic hydroxyl groups excluding tert-OH is 11. The molecule has 4 aliphatic heterocycles. The van der Waals surface area contributed by atoms with Crippen molar-refractivity contribution in [1.82, 2.24) is 10.6 Å². The van der Waals surface area contributed by atoms with Crippen molar-refractivity contribution in [3.63, 3.8) is 0 Å². The average Bonchev–Trinajstić information content (AvgIpc) is 3.23. The Bertz CT molecular complexity index is 1440. The molecule has 0 bridgehead atoms.